The molecule has 156 valence electrons. The van der Waals surface area contributed by atoms with Crippen molar-refractivity contribution < 1.29 is 14.4 Å². The van der Waals surface area contributed by atoms with Gasteiger partial charge in [-0.05, 0) is 49.4 Å². The van der Waals surface area contributed by atoms with Crippen LogP contribution >= 0.6 is 0 Å². The third-order valence-corrected chi connectivity index (χ3v) is 7.15. The number of carbonyl (C=O) groups is 3. The Hall–Kier alpha value is -2.96. The number of hydrogen-bond acceptors (Lipinski definition) is 5. The van der Waals surface area contributed by atoms with Crippen LogP contribution in [0.25, 0.3) is 10.9 Å². The number of aromatic nitrogens is 1. The minimum atomic E-state index is -1.29. The van der Waals surface area contributed by atoms with Crippen molar-refractivity contribution in [2.45, 2.75) is 39.2 Å². The van der Waals surface area contributed by atoms with Crippen LogP contribution in [-0.4, -0.2) is 59.3 Å². The van der Waals surface area contributed by atoms with E-state index in [0.29, 0.717) is 5.92 Å². The Morgan fingerprint density at radius 2 is 1.77 bits per heavy atom. The number of imide groups is 2. The Morgan fingerprint density at radius 1 is 1.07 bits per heavy atom. The van der Waals surface area contributed by atoms with Crippen LogP contribution in [0.2, 0.25) is 0 Å². The van der Waals surface area contributed by atoms with Crippen molar-refractivity contribution in [3.8, 4) is 0 Å². The standard InChI is InChI=1S/C23H26N4O3/c1-13-5-6-17-15(9-13)11-16-12-23(20(28)25(3)22(30)26(4)21(23)29)18-10-14(2)7-8-27(18)19(16)24-17/h5-6,9,11,14,18H,7-8,10,12H2,1-4H3/t14-,18+/m0/s1. The maximum Gasteiger partial charge on any atom is 0.332 e. The average molecular weight is 406 g/mol. The smallest absolute Gasteiger partial charge is 0.332 e. The van der Waals surface area contributed by atoms with Gasteiger partial charge in [0.25, 0.3) is 0 Å². The zero-order valence-corrected chi connectivity index (χ0v) is 17.8. The fourth-order valence-corrected chi connectivity index (χ4v) is 5.51. The molecule has 0 N–H and O–H groups in total. The van der Waals surface area contributed by atoms with E-state index in [0.717, 1.165) is 57.0 Å². The molecule has 4 heterocycles. The lowest BCUT2D eigenvalue weighted by Crippen LogP contribution is -2.72. The van der Waals surface area contributed by atoms with E-state index in [1.54, 1.807) is 0 Å². The summed E-state index contributed by atoms with van der Waals surface area (Å²) in [7, 11) is 2.95. The third-order valence-electron chi connectivity index (χ3n) is 7.15. The first-order chi connectivity index (χ1) is 14.2. The predicted octanol–water partition coefficient (Wildman–Crippen LogP) is 2.74. The summed E-state index contributed by atoms with van der Waals surface area (Å²) < 4.78 is 0. The molecule has 7 heteroatoms. The molecule has 1 spiro atoms. The summed E-state index contributed by atoms with van der Waals surface area (Å²) in [5.41, 5.74) is 1.66. The van der Waals surface area contributed by atoms with Crippen LogP contribution in [0.4, 0.5) is 10.6 Å². The molecular formula is C23H26N4O3. The molecule has 30 heavy (non-hydrogen) atoms. The fraction of sp³-hybridized carbons (Fsp3) is 0.478. The topological polar surface area (TPSA) is 73.8 Å². The molecule has 0 aliphatic carbocycles. The van der Waals surface area contributed by atoms with E-state index < -0.39 is 23.3 Å². The molecule has 7 nitrogen and oxygen atoms in total. The van der Waals surface area contributed by atoms with Gasteiger partial charge in [0.2, 0.25) is 11.8 Å². The third kappa shape index (κ3) is 2.38. The van der Waals surface area contributed by atoms with Gasteiger partial charge in [-0.3, -0.25) is 19.4 Å². The number of rotatable bonds is 0. The largest absolute Gasteiger partial charge is 0.352 e. The molecule has 0 saturated carbocycles. The van der Waals surface area contributed by atoms with Crippen molar-refractivity contribution in [1.82, 2.24) is 14.8 Å². The van der Waals surface area contributed by atoms with E-state index >= 15 is 0 Å². The van der Waals surface area contributed by atoms with Crippen LogP contribution in [0.3, 0.4) is 0 Å². The molecule has 2 fully saturated rings. The molecule has 1 aromatic carbocycles. The van der Waals surface area contributed by atoms with Crippen LogP contribution in [0, 0.1) is 18.3 Å². The van der Waals surface area contributed by atoms with Crippen LogP contribution in [0.5, 0.6) is 0 Å². The number of amides is 4. The Kier molecular flexibility index (Phi) is 3.98. The monoisotopic (exact) mass is 406 g/mol. The Balaban J connectivity index is 1.75. The highest BCUT2D eigenvalue weighted by molar-refractivity contribution is 6.20. The summed E-state index contributed by atoms with van der Waals surface area (Å²) in [6.45, 7) is 4.94. The summed E-state index contributed by atoms with van der Waals surface area (Å²) in [4.78, 5) is 48.9. The number of pyridine rings is 1. The summed E-state index contributed by atoms with van der Waals surface area (Å²) in [6.07, 6.45) is 1.97. The lowest BCUT2D eigenvalue weighted by molar-refractivity contribution is -0.160. The van der Waals surface area contributed by atoms with Crippen molar-refractivity contribution in [2.75, 3.05) is 25.5 Å². The molecule has 3 aliphatic heterocycles. The second-order valence-electron chi connectivity index (χ2n) is 9.17. The summed E-state index contributed by atoms with van der Waals surface area (Å²) in [6, 6.07) is 7.34. The van der Waals surface area contributed by atoms with Gasteiger partial charge >= 0.3 is 6.03 Å². The number of fused-ring (bicyclic) bond motifs is 5. The highest BCUT2D eigenvalue weighted by atomic mass is 16.2. The first-order valence-electron chi connectivity index (χ1n) is 10.5. The molecule has 0 unspecified atom stereocenters. The van der Waals surface area contributed by atoms with Gasteiger partial charge in [-0.1, -0.05) is 18.6 Å². The first-order valence-corrected chi connectivity index (χ1v) is 10.5. The van der Waals surface area contributed by atoms with E-state index in [4.69, 9.17) is 4.98 Å². The van der Waals surface area contributed by atoms with Gasteiger partial charge in [0, 0.05) is 32.4 Å². The molecule has 3 aliphatic rings. The zero-order chi connectivity index (χ0) is 21.4. The average Bonchev–Trinajstić information content (AvgIpc) is 2.73. The fourth-order valence-electron chi connectivity index (χ4n) is 5.51. The number of aryl methyl sites for hydroxylation is 1. The predicted molar refractivity (Wildman–Crippen MR) is 113 cm³/mol. The number of benzene rings is 1. The molecule has 2 aromatic rings. The highest BCUT2D eigenvalue weighted by Gasteiger charge is 2.63. The van der Waals surface area contributed by atoms with E-state index in [-0.39, 0.29) is 12.5 Å². The number of anilines is 1. The lowest BCUT2D eigenvalue weighted by atomic mass is 9.65. The van der Waals surface area contributed by atoms with Crippen molar-refractivity contribution in [2.24, 2.45) is 11.3 Å². The lowest BCUT2D eigenvalue weighted by Gasteiger charge is -2.55. The molecule has 0 radical (unpaired) electrons. The van der Waals surface area contributed by atoms with E-state index in [1.807, 2.05) is 19.1 Å². The number of carbonyl (C=O) groups excluding carboxylic acids is 3. The Labute approximate surface area is 175 Å². The number of piperidine rings is 1. The highest BCUT2D eigenvalue weighted by Crippen LogP contribution is 2.49. The quantitative estimate of drug-likeness (QED) is 0.629. The summed E-state index contributed by atoms with van der Waals surface area (Å²) in [5.74, 6) is 0.475. The molecule has 4 amide bonds. The Bertz CT molecular complexity index is 1090. The molecule has 1 aromatic heterocycles. The maximum absolute atomic E-state index is 13.6. The normalized spacial score (nSPS) is 25.7. The second kappa shape index (κ2) is 6.27. The SMILES string of the molecule is Cc1ccc2nc3c(cc2c1)CC1(C(=O)N(C)C(=O)N(C)C1=O)[C@H]1C[C@@H](C)CCN31. The zero-order valence-electron chi connectivity index (χ0n) is 17.8. The van der Waals surface area contributed by atoms with Crippen molar-refractivity contribution >= 4 is 34.6 Å². The van der Waals surface area contributed by atoms with Gasteiger partial charge in [-0.2, -0.15) is 0 Å². The van der Waals surface area contributed by atoms with Crippen LogP contribution in [0.1, 0.15) is 30.9 Å². The van der Waals surface area contributed by atoms with E-state index in [9.17, 15) is 14.4 Å². The molecule has 0 bridgehead atoms. The van der Waals surface area contributed by atoms with Crippen LogP contribution in [-0.2, 0) is 16.0 Å². The number of nitrogens with zero attached hydrogens (tertiary/aromatic N) is 4. The van der Waals surface area contributed by atoms with Gasteiger partial charge in [0.05, 0.1) is 11.6 Å². The van der Waals surface area contributed by atoms with Gasteiger partial charge in [0.15, 0.2) is 5.41 Å². The number of hydrogen-bond donors (Lipinski definition) is 0. The van der Waals surface area contributed by atoms with Crippen LogP contribution < -0.4 is 4.90 Å². The van der Waals surface area contributed by atoms with Gasteiger partial charge in [-0.15, -0.1) is 0 Å². The summed E-state index contributed by atoms with van der Waals surface area (Å²) >= 11 is 0. The van der Waals surface area contributed by atoms with Crippen molar-refractivity contribution in [1.29, 1.82) is 0 Å². The summed E-state index contributed by atoms with van der Waals surface area (Å²) in [5, 5.41) is 1.00. The van der Waals surface area contributed by atoms with Gasteiger partial charge in [-0.25, -0.2) is 9.78 Å². The molecule has 2 saturated heterocycles. The van der Waals surface area contributed by atoms with Crippen molar-refractivity contribution in [3.05, 3.63) is 35.4 Å². The minimum absolute atomic E-state index is 0.271. The molecule has 2 atom stereocenters. The Morgan fingerprint density at radius 3 is 2.47 bits per heavy atom. The van der Waals surface area contributed by atoms with Crippen LogP contribution in [0.15, 0.2) is 24.3 Å². The molecular weight excluding hydrogens is 380 g/mol. The second-order valence-corrected chi connectivity index (χ2v) is 9.17. The van der Waals surface area contributed by atoms with Crippen molar-refractivity contribution in [3.63, 3.8) is 0 Å². The van der Waals surface area contributed by atoms with E-state index in [1.165, 1.54) is 14.1 Å². The molecule has 5 rings (SSSR count). The maximum atomic E-state index is 13.6. The van der Waals surface area contributed by atoms with E-state index in [2.05, 4.69) is 24.0 Å². The number of urea groups is 1. The number of barbiturate groups is 1. The first kappa shape index (κ1) is 19.0. The van der Waals surface area contributed by atoms with Gasteiger partial charge < -0.3 is 4.90 Å². The van der Waals surface area contributed by atoms with Gasteiger partial charge in [0.1, 0.15) is 5.82 Å². The minimum Gasteiger partial charge on any atom is -0.352 e.